The van der Waals surface area contributed by atoms with Crippen LogP contribution in [0.1, 0.15) is 56.3 Å². The van der Waals surface area contributed by atoms with E-state index in [1.807, 2.05) is 4.68 Å². The Hall–Kier alpha value is -1.81. The van der Waals surface area contributed by atoms with Gasteiger partial charge in [0.05, 0.1) is 21.7 Å². The molecule has 0 aromatic carbocycles. The van der Waals surface area contributed by atoms with Gasteiger partial charge in [-0.1, -0.05) is 11.6 Å². The Morgan fingerprint density at radius 1 is 1.21 bits per heavy atom. The van der Waals surface area contributed by atoms with E-state index in [-0.39, 0.29) is 34.0 Å². The lowest BCUT2D eigenvalue weighted by Gasteiger charge is -2.60. The monoisotopic (exact) mass is 504 g/mol. The van der Waals surface area contributed by atoms with Gasteiger partial charge in [-0.05, 0) is 75.3 Å². The van der Waals surface area contributed by atoms with Gasteiger partial charge in [0.25, 0.3) is 0 Å². The number of nitrogens with zero attached hydrogens (tertiary/aromatic N) is 5. The number of nitrogens with one attached hydrogen (secondary N) is 1. The number of amides is 1. The summed E-state index contributed by atoms with van der Waals surface area (Å²) < 4.78 is 42.2. The highest BCUT2D eigenvalue weighted by Crippen LogP contribution is 2.64. The van der Waals surface area contributed by atoms with Crippen LogP contribution in [0.25, 0.3) is 0 Å². The van der Waals surface area contributed by atoms with Gasteiger partial charge in [0.1, 0.15) is 6.33 Å². The van der Waals surface area contributed by atoms with Crippen molar-refractivity contribution in [1.29, 1.82) is 0 Å². The molecular formula is C21H25Cl2F3N6O. The average molecular weight is 505 g/mol. The second-order valence-corrected chi connectivity index (χ2v) is 10.7. The Kier molecular flexibility index (Phi) is 5.47. The van der Waals surface area contributed by atoms with E-state index in [0.717, 1.165) is 32.1 Å². The lowest BCUT2D eigenvalue weighted by atomic mass is 9.46. The number of hydrogen-bond donors (Lipinski definition) is 1. The zero-order chi connectivity index (χ0) is 23.6. The second kappa shape index (κ2) is 7.86. The molecule has 0 radical (unpaired) electrons. The lowest BCUT2D eigenvalue weighted by molar-refractivity contribution is -0.156. The number of hydrogen-bond acceptors (Lipinski definition) is 4. The summed E-state index contributed by atoms with van der Waals surface area (Å²) in [7, 11) is 0. The molecule has 4 bridgehead atoms. The van der Waals surface area contributed by atoms with Crippen LogP contribution >= 0.6 is 23.2 Å². The zero-order valence-corrected chi connectivity index (χ0v) is 19.6. The van der Waals surface area contributed by atoms with E-state index in [0.29, 0.717) is 31.2 Å². The first-order valence-corrected chi connectivity index (χ1v) is 11.9. The second-order valence-electron chi connectivity index (χ2n) is 10.0. The van der Waals surface area contributed by atoms with Crippen molar-refractivity contribution in [3.8, 4) is 0 Å². The number of rotatable bonds is 6. The maximum absolute atomic E-state index is 13.4. The van der Waals surface area contributed by atoms with Crippen LogP contribution in [0.3, 0.4) is 0 Å². The number of carbonyl (C=O) groups excluding carboxylic acids is 1. The van der Waals surface area contributed by atoms with E-state index in [1.54, 1.807) is 6.33 Å². The fourth-order valence-corrected chi connectivity index (χ4v) is 7.13. The Morgan fingerprint density at radius 3 is 2.48 bits per heavy atom. The zero-order valence-electron chi connectivity index (χ0n) is 18.1. The number of halogens is 5. The molecule has 0 saturated heterocycles. The summed E-state index contributed by atoms with van der Waals surface area (Å²) in [6.07, 6.45) is 3.08. The highest BCUT2D eigenvalue weighted by Gasteiger charge is 2.61. The van der Waals surface area contributed by atoms with Gasteiger partial charge in [0, 0.05) is 13.1 Å². The van der Waals surface area contributed by atoms with Crippen LogP contribution in [0.15, 0.2) is 6.33 Å². The SMILES string of the molecule is Cc1c(Cl)c(C(F)(F)F)nn1CCCNC(=O)C12CC3CC(C1)CC(n1cnc(Cl)n1)(C3)C2. The first kappa shape index (κ1) is 23.0. The molecule has 2 unspecified atom stereocenters. The molecule has 6 rings (SSSR count). The van der Waals surface area contributed by atoms with E-state index >= 15 is 0 Å². The number of alkyl halides is 3. The van der Waals surface area contributed by atoms with E-state index in [2.05, 4.69) is 20.5 Å². The summed E-state index contributed by atoms with van der Waals surface area (Å²) in [4.78, 5) is 17.5. The third-order valence-electron chi connectivity index (χ3n) is 7.70. The molecule has 0 aliphatic heterocycles. The summed E-state index contributed by atoms with van der Waals surface area (Å²) in [5, 5.41) is 10.9. The van der Waals surface area contributed by atoms with Gasteiger partial charge in [-0.3, -0.25) is 9.48 Å². The molecule has 4 aliphatic rings. The van der Waals surface area contributed by atoms with E-state index in [1.165, 1.54) is 11.6 Å². The van der Waals surface area contributed by atoms with Crippen molar-refractivity contribution in [3.05, 3.63) is 28.0 Å². The van der Waals surface area contributed by atoms with Gasteiger partial charge in [-0.15, -0.1) is 5.10 Å². The summed E-state index contributed by atoms with van der Waals surface area (Å²) in [6.45, 7) is 2.10. The van der Waals surface area contributed by atoms with Crippen molar-refractivity contribution >= 4 is 29.1 Å². The van der Waals surface area contributed by atoms with Gasteiger partial charge in [0.15, 0.2) is 5.69 Å². The molecule has 2 heterocycles. The van der Waals surface area contributed by atoms with Crippen LogP contribution in [-0.4, -0.2) is 37.0 Å². The minimum Gasteiger partial charge on any atom is -0.356 e. The quantitative estimate of drug-likeness (QED) is 0.582. The molecule has 2 aromatic heterocycles. The number of aromatic nitrogens is 5. The van der Waals surface area contributed by atoms with Crippen molar-refractivity contribution in [3.63, 3.8) is 0 Å². The van der Waals surface area contributed by atoms with Gasteiger partial charge in [0.2, 0.25) is 11.2 Å². The molecule has 12 heteroatoms. The van der Waals surface area contributed by atoms with E-state index in [4.69, 9.17) is 23.2 Å². The van der Waals surface area contributed by atoms with Gasteiger partial charge in [-0.25, -0.2) is 9.67 Å². The highest BCUT2D eigenvalue weighted by atomic mass is 35.5. The van der Waals surface area contributed by atoms with Gasteiger partial charge >= 0.3 is 6.18 Å². The largest absolute Gasteiger partial charge is 0.436 e. The van der Waals surface area contributed by atoms with Gasteiger partial charge < -0.3 is 5.32 Å². The van der Waals surface area contributed by atoms with Crippen LogP contribution in [0.5, 0.6) is 0 Å². The molecule has 0 spiro atoms. The van der Waals surface area contributed by atoms with Gasteiger partial charge in [-0.2, -0.15) is 18.3 Å². The van der Waals surface area contributed by atoms with Crippen molar-refractivity contribution in [2.45, 2.75) is 70.1 Å². The van der Waals surface area contributed by atoms with Crippen LogP contribution in [0, 0.1) is 24.2 Å². The minimum atomic E-state index is -4.59. The first-order chi connectivity index (χ1) is 15.5. The normalized spacial score (nSPS) is 30.7. The summed E-state index contributed by atoms with van der Waals surface area (Å²) in [5.74, 6) is 0.961. The van der Waals surface area contributed by atoms with E-state index in [9.17, 15) is 18.0 Å². The minimum absolute atomic E-state index is 0.0263. The highest BCUT2D eigenvalue weighted by molar-refractivity contribution is 6.32. The number of carbonyl (C=O) groups is 1. The molecule has 2 atom stereocenters. The molecule has 4 fully saturated rings. The van der Waals surface area contributed by atoms with Crippen molar-refractivity contribution in [2.24, 2.45) is 17.3 Å². The predicted octanol–water partition coefficient (Wildman–Crippen LogP) is 4.61. The van der Waals surface area contributed by atoms with Crippen LogP contribution < -0.4 is 5.32 Å². The van der Waals surface area contributed by atoms with Crippen molar-refractivity contribution in [2.75, 3.05) is 6.54 Å². The molecule has 4 aliphatic carbocycles. The Balaban J connectivity index is 1.24. The van der Waals surface area contributed by atoms with Crippen molar-refractivity contribution < 1.29 is 18.0 Å². The number of aryl methyl sites for hydroxylation is 1. The summed E-state index contributed by atoms with van der Waals surface area (Å²) in [6, 6.07) is 0. The van der Waals surface area contributed by atoms with Crippen LogP contribution in [-0.2, 0) is 23.1 Å². The third-order valence-corrected chi connectivity index (χ3v) is 8.32. The van der Waals surface area contributed by atoms with Crippen LogP contribution in [0.2, 0.25) is 10.3 Å². The molecule has 180 valence electrons. The van der Waals surface area contributed by atoms with E-state index < -0.39 is 17.3 Å². The molecule has 33 heavy (non-hydrogen) atoms. The fourth-order valence-electron chi connectivity index (χ4n) is 6.76. The fraction of sp³-hybridized carbons (Fsp3) is 0.714. The Bertz CT molecular complexity index is 1070. The molecular weight excluding hydrogens is 480 g/mol. The Morgan fingerprint density at radius 2 is 1.91 bits per heavy atom. The summed E-state index contributed by atoms with van der Waals surface area (Å²) in [5.41, 5.74) is -1.47. The maximum atomic E-state index is 13.4. The third kappa shape index (κ3) is 3.92. The smallest absolute Gasteiger partial charge is 0.356 e. The molecule has 4 saturated carbocycles. The van der Waals surface area contributed by atoms with Crippen molar-refractivity contribution in [1.82, 2.24) is 29.9 Å². The molecule has 1 amide bonds. The summed E-state index contributed by atoms with van der Waals surface area (Å²) >= 11 is 11.8. The predicted molar refractivity (Wildman–Crippen MR) is 115 cm³/mol. The lowest BCUT2D eigenvalue weighted by Crippen LogP contribution is -2.61. The van der Waals surface area contributed by atoms with Crippen LogP contribution in [0.4, 0.5) is 13.2 Å². The topological polar surface area (TPSA) is 77.6 Å². The molecule has 1 N–H and O–H groups in total. The molecule has 2 aromatic rings. The molecule has 7 nitrogen and oxygen atoms in total. The standard InChI is InChI=1S/C21H25Cl2F3N6O/c1-12-15(22)16(21(24,25)26)29-31(12)4-2-3-27-17(33)19-6-13-5-14(7-19)9-20(8-13,10-19)32-11-28-18(23)30-32/h11,13-14H,2-10H2,1H3,(H,27,33). The Labute approximate surface area is 199 Å². The average Bonchev–Trinajstić information content (AvgIpc) is 3.29. The first-order valence-electron chi connectivity index (χ1n) is 11.2. The maximum Gasteiger partial charge on any atom is 0.436 e.